The number of nitrogens with one attached hydrogen (secondary N) is 1. The third-order valence-corrected chi connectivity index (χ3v) is 9.17. The predicted molar refractivity (Wildman–Crippen MR) is 150 cm³/mol. The molecule has 0 spiro atoms. The Labute approximate surface area is 235 Å². The van der Waals surface area contributed by atoms with Crippen LogP contribution >= 0.6 is 31.3 Å². The van der Waals surface area contributed by atoms with Gasteiger partial charge in [0.25, 0.3) is 5.56 Å². The molecule has 0 fully saturated rings. The first-order valence-corrected chi connectivity index (χ1v) is 15.8. The molecule has 216 valence electrons. The summed E-state index contributed by atoms with van der Waals surface area (Å²) in [5, 5.41) is -0.0298. The molecule has 0 aliphatic carbocycles. The molecule has 12 nitrogen and oxygen atoms in total. The number of carbonyl (C=O) groups excluding carboxylic acids is 2. The Kier molecular flexibility index (Phi) is 10.6. The van der Waals surface area contributed by atoms with Crippen molar-refractivity contribution in [2.24, 2.45) is 10.8 Å². The van der Waals surface area contributed by atoms with Gasteiger partial charge in [-0.25, -0.2) is 14.5 Å². The molecular formula is C24H35N4O8PS2. The van der Waals surface area contributed by atoms with Gasteiger partial charge in [0.05, 0.1) is 19.5 Å². The molecule has 0 radical (unpaired) electrons. The minimum atomic E-state index is -4.05. The summed E-state index contributed by atoms with van der Waals surface area (Å²) in [7, 11) is -4.05. The minimum absolute atomic E-state index is 0.0149. The van der Waals surface area contributed by atoms with E-state index in [1.54, 1.807) is 10.6 Å². The SMILES string of the molecule is CC(C)(C)C(=O)SCCOP(=O)(OCCSC(=O)C(C)(C)C)OCC1=CC[C@H](n2cnc3c(=O)[nH]cnc32)O1. The molecule has 1 atom stereocenters. The highest BCUT2D eigenvalue weighted by atomic mass is 32.2. The number of aromatic nitrogens is 4. The second-order valence-electron chi connectivity index (χ2n) is 10.7. The van der Waals surface area contributed by atoms with Crippen LogP contribution in [0, 0.1) is 10.8 Å². The van der Waals surface area contributed by atoms with Gasteiger partial charge >= 0.3 is 7.82 Å². The maximum atomic E-state index is 13.4. The zero-order valence-corrected chi connectivity index (χ0v) is 25.5. The summed E-state index contributed by atoms with van der Waals surface area (Å²) >= 11 is 2.17. The number of thioether (sulfide) groups is 2. The highest BCUT2D eigenvalue weighted by Crippen LogP contribution is 2.50. The molecule has 0 saturated heterocycles. The van der Waals surface area contributed by atoms with E-state index in [4.69, 9.17) is 18.3 Å². The summed E-state index contributed by atoms with van der Waals surface area (Å²) in [6.07, 6.45) is 4.47. The first kappa shape index (κ1) is 31.6. The molecule has 0 aromatic carbocycles. The van der Waals surface area contributed by atoms with Crippen molar-refractivity contribution < 1.29 is 32.5 Å². The first-order chi connectivity index (χ1) is 18.2. The van der Waals surface area contributed by atoms with Crippen molar-refractivity contribution in [1.29, 1.82) is 0 Å². The summed E-state index contributed by atoms with van der Waals surface area (Å²) in [6.45, 7) is 10.6. The molecule has 1 aliphatic rings. The molecule has 0 saturated carbocycles. The van der Waals surface area contributed by atoms with Crippen LogP contribution in [0.2, 0.25) is 0 Å². The number of ether oxygens (including phenoxy) is 1. The van der Waals surface area contributed by atoms with Gasteiger partial charge in [-0.05, 0) is 6.08 Å². The molecule has 0 bridgehead atoms. The molecule has 0 unspecified atom stereocenters. The molecule has 3 rings (SSSR count). The number of imidazole rings is 1. The van der Waals surface area contributed by atoms with Gasteiger partial charge in [-0.3, -0.25) is 32.5 Å². The second kappa shape index (κ2) is 13.1. The third kappa shape index (κ3) is 9.02. The minimum Gasteiger partial charge on any atom is -0.472 e. The normalized spacial score (nSPS) is 16.4. The van der Waals surface area contributed by atoms with Gasteiger partial charge in [0.2, 0.25) is 0 Å². The Morgan fingerprint density at radius 3 is 2.21 bits per heavy atom. The molecule has 39 heavy (non-hydrogen) atoms. The Bertz CT molecular complexity index is 1270. The summed E-state index contributed by atoms with van der Waals surface area (Å²) in [5.41, 5.74) is -0.799. The van der Waals surface area contributed by atoms with Gasteiger partial charge in [0.15, 0.2) is 27.6 Å². The van der Waals surface area contributed by atoms with Crippen LogP contribution in [0.3, 0.4) is 0 Å². The maximum absolute atomic E-state index is 13.4. The van der Waals surface area contributed by atoms with E-state index in [0.717, 1.165) is 23.5 Å². The fourth-order valence-corrected chi connectivity index (χ4v) is 6.05. The largest absolute Gasteiger partial charge is 0.475 e. The quantitative estimate of drug-likeness (QED) is 0.265. The van der Waals surface area contributed by atoms with Gasteiger partial charge < -0.3 is 9.72 Å². The van der Waals surface area contributed by atoms with Crippen LogP contribution in [-0.2, 0) is 32.5 Å². The number of nitrogens with zero attached hydrogens (tertiary/aromatic N) is 3. The van der Waals surface area contributed by atoms with Gasteiger partial charge in [-0.2, -0.15) is 0 Å². The van der Waals surface area contributed by atoms with Crippen molar-refractivity contribution in [2.75, 3.05) is 31.3 Å². The van der Waals surface area contributed by atoms with Crippen molar-refractivity contribution in [3.63, 3.8) is 0 Å². The highest BCUT2D eigenvalue weighted by Gasteiger charge is 2.31. The van der Waals surface area contributed by atoms with E-state index >= 15 is 0 Å². The van der Waals surface area contributed by atoms with Crippen LogP contribution < -0.4 is 5.56 Å². The Hall–Kier alpha value is -1.96. The van der Waals surface area contributed by atoms with E-state index in [9.17, 15) is 18.9 Å². The number of carbonyl (C=O) groups is 2. The van der Waals surface area contributed by atoms with Crippen molar-refractivity contribution in [3.05, 3.63) is 34.8 Å². The molecular weight excluding hydrogens is 567 g/mol. The first-order valence-electron chi connectivity index (χ1n) is 12.3. The van der Waals surface area contributed by atoms with Crippen LogP contribution in [-0.4, -0.2) is 61.1 Å². The summed E-state index contributed by atoms with van der Waals surface area (Å²) in [6, 6.07) is 0. The number of hydrogen-bond acceptors (Lipinski definition) is 12. The molecule has 2 aromatic heterocycles. The third-order valence-electron chi connectivity index (χ3n) is 5.23. The highest BCUT2D eigenvalue weighted by molar-refractivity contribution is 8.14. The van der Waals surface area contributed by atoms with Gasteiger partial charge in [-0.15, -0.1) is 0 Å². The fraction of sp³-hybridized carbons (Fsp3) is 0.625. The lowest BCUT2D eigenvalue weighted by Gasteiger charge is -2.20. The van der Waals surface area contributed by atoms with Gasteiger partial charge in [0, 0.05) is 28.8 Å². The van der Waals surface area contributed by atoms with Crippen LogP contribution in [0.1, 0.15) is 54.2 Å². The van der Waals surface area contributed by atoms with Crippen molar-refractivity contribution >= 4 is 52.7 Å². The average molecular weight is 603 g/mol. The standard InChI is InChI=1S/C24H35N4O8PS2/c1-23(2,3)21(30)38-11-9-33-37(32,34-10-12-39-22(31)24(4,5)6)35-13-16-7-8-17(36-16)28-15-27-18-19(28)25-14-26-20(18)29/h7,14-15,17H,8-13H2,1-6H3,(H,25,26,29)/t17-/m1/s1. The number of phosphoric ester groups is 1. The lowest BCUT2D eigenvalue weighted by atomic mass is 9.99. The van der Waals surface area contributed by atoms with Crippen LogP contribution in [0.5, 0.6) is 0 Å². The number of H-pyrrole nitrogens is 1. The molecule has 2 aromatic rings. The number of phosphoric acid groups is 1. The average Bonchev–Trinajstić information content (AvgIpc) is 3.49. The zero-order chi connectivity index (χ0) is 28.8. The lowest BCUT2D eigenvalue weighted by Crippen LogP contribution is -2.18. The van der Waals surface area contributed by atoms with E-state index in [1.807, 2.05) is 41.5 Å². The summed E-state index contributed by atoms with van der Waals surface area (Å²) in [4.78, 5) is 47.0. The van der Waals surface area contributed by atoms with Crippen molar-refractivity contribution in [1.82, 2.24) is 19.5 Å². The predicted octanol–water partition coefficient (Wildman–Crippen LogP) is 4.69. The summed E-state index contributed by atoms with van der Waals surface area (Å²) in [5.74, 6) is 0.935. The second-order valence-corrected chi connectivity index (χ2v) is 14.5. The van der Waals surface area contributed by atoms with E-state index in [1.165, 1.54) is 12.7 Å². The van der Waals surface area contributed by atoms with Crippen molar-refractivity contribution in [3.8, 4) is 0 Å². The Morgan fingerprint density at radius 1 is 1.05 bits per heavy atom. The number of rotatable bonds is 12. The van der Waals surface area contributed by atoms with Gasteiger partial charge in [0.1, 0.15) is 18.7 Å². The molecule has 3 heterocycles. The van der Waals surface area contributed by atoms with Crippen LogP contribution in [0.15, 0.2) is 29.3 Å². The lowest BCUT2D eigenvalue weighted by molar-refractivity contribution is -0.118. The van der Waals surface area contributed by atoms with Gasteiger partial charge in [-0.1, -0.05) is 65.1 Å². The van der Waals surface area contributed by atoms with Crippen LogP contribution in [0.4, 0.5) is 0 Å². The molecule has 1 N–H and O–H groups in total. The van der Waals surface area contributed by atoms with E-state index in [0.29, 0.717) is 17.8 Å². The topological polar surface area (TPSA) is 152 Å². The fourth-order valence-electron chi connectivity index (χ4n) is 3.09. The van der Waals surface area contributed by atoms with E-state index < -0.39 is 24.9 Å². The smallest absolute Gasteiger partial charge is 0.472 e. The molecule has 1 aliphatic heterocycles. The number of hydrogen-bond donors (Lipinski definition) is 1. The number of aromatic amines is 1. The van der Waals surface area contributed by atoms with E-state index in [-0.39, 0.29) is 52.6 Å². The number of fused-ring (bicyclic) bond motifs is 1. The van der Waals surface area contributed by atoms with Crippen LogP contribution in [0.25, 0.3) is 11.2 Å². The summed E-state index contributed by atoms with van der Waals surface area (Å²) < 4.78 is 37.5. The Balaban J connectivity index is 1.57. The van der Waals surface area contributed by atoms with Crippen molar-refractivity contribution in [2.45, 2.75) is 54.2 Å². The molecule has 15 heteroatoms. The molecule has 0 amide bonds. The van der Waals surface area contributed by atoms with E-state index in [2.05, 4.69) is 15.0 Å². The monoisotopic (exact) mass is 602 g/mol. The maximum Gasteiger partial charge on any atom is 0.475 e. The Morgan fingerprint density at radius 2 is 1.64 bits per heavy atom. The zero-order valence-electron chi connectivity index (χ0n) is 22.9.